The van der Waals surface area contributed by atoms with Gasteiger partial charge in [0.15, 0.2) is 0 Å². The number of imide groups is 1. The maximum Gasteiger partial charge on any atom is 0.279 e. The summed E-state index contributed by atoms with van der Waals surface area (Å²) in [5.74, 6) is -1.05. The van der Waals surface area contributed by atoms with Crippen molar-refractivity contribution in [3.8, 4) is 5.69 Å². The lowest BCUT2D eigenvalue weighted by Gasteiger charge is -2.13. The molecule has 0 fully saturated rings. The van der Waals surface area contributed by atoms with Crippen molar-refractivity contribution in [2.45, 2.75) is 20.4 Å². The van der Waals surface area contributed by atoms with Crippen LogP contribution in [0.1, 0.15) is 16.8 Å². The third kappa shape index (κ3) is 3.77. The van der Waals surface area contributed by atoms with Crippen molar-refractivity contribution in [3.05, 3.63) is 82.3 Å². The van der Waals surface area contributed by atoms with E-state index in [1.54, 1.807) is 10.9 Å². The average Bonchev–Trinajstić information content (AvgIpc) is 3.25. The summed E-state index contributed by atoms with van der Waals surface area (Å²) in [5, 5.41) is 11.0. The topological polar surface area (TPSA) is 80.1 Å². The van der Waals surface area contributed by atoms with Gasteiger partial charge in [-0.3, -0.25) is 14.5 Å². The van der Waals surface area contributed by atoms with Crippen LogP contribution in [0, 0.1) is 13.8 Å². The van der Waals surface area contributed by atoms with Gasteiger partial charge < -0.3 is 5.32 Å². The van der Waals surface area contributed by atoms with E-state index in [4.69, 9.17) is 11.6 Å². The summed E-state index contributed by atoms with van der Waals surface area (Å²) in [6.45, 7) is 3.95. The van der Waals surface area contributed by atoms with Crippen LogP contribution in [0.3, 0.4) is 0 Å². The zero-order chi connectivity index (χ0) is 20.5. The smallest absolute Gasteiger partial charge is 0.279 e. The Hall–Kier alpha value is -3.45. The van der Waals surface area contributed by atoms with Crippen LogP contribution in [-0.4, -0.2) is 31.7 Å². The van der Waals surface area contributed by atoms with Gasteiger partial charge in [-0.05, 0) is 38.1 Å². The van der Waals surface area contributed by atoms with E-state index in [9.17, 15) is 9.59 Å². The molecular weight excluding hydrogens is 390 g/mol. The second kappa shape index (κ2) is 7.52. The summed E-state index contributed by atoms with van der Waals surface area (Å²) in [5.41, 5.74) is 4.28. The highest BCUT2D eigenvalue weighted by atomic mass is 35.5. The number of rotatable bonds is 5. The minimum atomic E-state index is -0.559. The molecule has 2 amide bonds. The molecule has 3 aromatic rings. The summed E-state index contributed by atoms with van der Waals surface area (Å²) >= 11 is 6.15. The van der Waals surface area contributed by atoms with Crippen molar-refractivity contribution in [1.29, 1.82) is 0 Å². The molecule has 0 radical (unpaired) electrons. The average molecular weight is 408 g/mol. The first-order valence-corrected chi connectivity index (χ1v) is 9.38. The first-order valence-electron chi connectivity index (χ1n) is 9.00. The third-order valence-electron chi connectivity index (χ3n) is 4.59. The number of aromatic nitrogens is 3. The highest BCUT2D eigenvalue weighted by Crippen LogP contribution is 2.27. The molecule has 1 aliphatic heterocycles. The van der Waals surface area contributed by atoms with E-state index in [1.807, 2.05) is 62.4 Å². The van der Waals surface area contributed by atoms with Gasteiger partial charge in [-0.15, -0.1) is 5.10 Å². The molecule has 0 saturated heterocycles. The van der Waals surface area contributed by atoms with Crippen molar-refractivity contribution in [2.75, 3.05) is 5.32 Å². The van der Waals surface area contributed by atoms with Crippen molar-refractivity contribution in [2.24, 2.45) is 0 Å². The molecule has 29 heavy (non-hydrogen) atoms. The third-order valence-corrected chi connectivity index (χ3v) is 4.94. The number of carbonyl (C=O) groups excluding carboxylic acids is 2. The van der Waals surface area contributed by atoms with E-state index in [0.29, 0.717) is 11.4 Å². The Bertz CT molecular complexity index is 1120. The van der Waals surface area contributed by atoms with Crippen LogP contribution < -0.4 is 5.32 Å². The first-order chi connectivity index (χ1) is 13.9. The number of nitrogens with one attached hydrogen (secondary N) is 1. The van der Waals surface area contributed by atoms with Gasteiger partial charge >= 0.3 is 0 Å². The zero-order valence-corrected chi connectivity index (χ0v) is 16.6. The van der Waals surface area contributed by atoms with Crippen LogP contribution in [0.5, 0.6) is 0 Å². The number of aryl methyl sites for hydroxylation is 2. The van der Waals surface area contributed by atoms with Gasteiger partial charge in [0.25, 0.3) is 11.8 Å². The van der Waals surface area contributed by atoms with E-state index >= 15 is 0 Å². The molecule has 0 spiro atoms. The lowest BCUT2D eigenvalue weighted by atomic mass is 10.2. The second-order valence-corrected chi connectivity index (χ2v) is 7.24. The molecule has 1 N–H and O–H groups in total. The number of anilines is 1. The Balaban J connectivity index is 1.50. The first kappa shape index (κ1) is 18.9. The van der Waals surface area contributed by atoms with Crippen LogP contribution in [0.2, 0.25) is 0 Å². The summed E-state index contributed by atoms with van der Waals surface area (Å²) in [7, 11) is 0. The molecular formula is C21H18ClN5O2. The van der Waals surface area contributed by atoms with Crippen molar-refractivity contribution in [3.63, 3.8) is 0 Å². The number of hydrogen-bond donors (Lipinski definition) is 1. The number of hydrogen-bond acceptors (Lipinski definition) is 5. The monoisotopic (exact) mass is 407 g/mol. The Kier molecular flexibility index (Phi) is 4.90. The quantitative estimate of drug-likeness (QED) is 0.656. The summed E-state index contributed by atoms with van der Waals surface area (Å²) in [4.78, 5) is 26.3. The highest BCUT2D eigenvalue weighted by Gasteiger charge is 2.38. The highest BCUT2D eigenvalue weighted by molar-refractivity contribution is 6.48. The summed E-state index contributed by atoms with van der Waals surface area (Å²) in [6, 6.07) is 15.2. The molecule has 0 bridgehead atoms. The van der Waals surface area contributed by atoms with Crippen LogP contribution in [0.15, 0.2) is 65.5 Å². The predicted octanol–water partition coefficient (Wildman–Crippen LogP) is 3.32. The van der Waals surface area contributed by atoms with Crippen LogP contribution in [0.25, 0.3) is 5.69 Å². The molecule has 7 nitrogen and oxygen atoms in total. The Labute approximate surface area is 172 Å². The minimum Gasteiger partial charge on any atom is -0.350 e. The summed E-state index contributed by atoms with van der Waals surface area (Å²) < 4.78 is 1.60. The fourth-order valence-electron chi connectivity index (χ4n) is 2.94. The second-order valence-electron chi connectivity index (χ2n) is 6.87. The van der Waals surface area contributed by atoms with Crippen molar-refractivity contribution < 1.29 is 9.59 Å². The maximum absolute atomic E-state index is 12.8. The molecule has 0 unspecified atom stereocenters. The van der Waals surface area contributed by atoms with Gasteiger partial charge in [0.2, 0.25) is 0 Å². The number of nitrogens with zero attached hydrogens (tertiary/aromatic N) is 4. The standard InChI is InChI=1S/C21H18ClN5O2/c1-13-3-7-15(8-4-13)23-19-18(22)20(28)26(21(19)29)11-16-12-27(25-24-16)17-9-5-14(2)6-10-17/h3-10,12,23H,11H2,1-2H3. The fourth-order valence-corrected chi connectivity index (χ4v) is 3.17. The van der Waals surface area contributed by atoms with Gasteiger partial charge in [0.1, 0.15) is 16.4 Å². The maximum atomic E-state index is 12.8. The number of amides is 2. The lowest BCUT2D eigenvalue weighted by Crippen LogP contribution is -2.32. The molecule has 0 saturated carbocycles. The summed E-state index contributed by atoms with van der Waals surface area (Å²) in [6.07, 6.45) is 1.69. The van der Waals surface area contributed by atoms with Gasteiger partial charge in [-0.2, -0.15) is 0 Å². The van der Waals surface area contributed by atoms with E-state index in [1.165, 1.54) is 0 Å². The molecule has 2 heterocycles. The number of carbonyl (C=O) groups is 2. The Morgan fingerprint density at radius 3 is 2.21 bits per heavy atom. The number of benzene rings is 2. The van der Waals surface area contributed by atoms with Crippen molar-refractivity contribution in [1.82, 2.24) is 19.9 Å². The normalized spacial score (nSPS) is 14.1. The molecule has 1 aromatic heterocycles. The Morgan fingerprint density at radius 2 is 1.55 bits per heavy atom. The predicted molar refractivity (Wildman–Crippen MR) is 109 cm³/mol. The molecule has 2 aromatic carbocycles. The van der Waals surface area contributed by atoms with Gasteiger partial charge in [-0.25, -0.2) is 4.68 Å². The SMILES string of the molecule is Cc1ccc(NC2=C(Cl)C(=O)N(Cc3cn(-c4ccc(C)cc4)nn3)C2=O)cc1. The van der Waals surface area contributed by atoms with E-state index in [0.717, 1.165) is 21.7 Å². The molecule has 146 valence electrons. The van der Waals surface area contributed by atoms with Gasteiger partial charge in [0.05, 0.1) is 18.4 Å². The van der Waals surface area contributed by atoms with E-state index < -0.39 is 11.8 Å². The van der Waals surface area contributed by atoms with Crippen LogP contribution in [0.4, 0.5) is 5.69 Å². The molecule has 1 aliphatic rings. The Morgan fingerprint density at radius 1 is 0.931 bits per heavy atom. The minimum absolute atomic E-state index is 0.0151. The van der Waals surface area contributed by atoms with Crippen LogP contribution >= 0.6 is 11.6 Å². The van der Waals surface area contributed by atoms with E-state index in [2.05, 4.69) is 15.6 Å². The number of halogens is 1. The van der Waals surface area contributed by atoms with Gasteiger partial charge in [-0.1, -0.05) is 52.2 Å². The largest absolute Gasteiger partial charge is 0.350 e. The zero-order valence-electron chi connectivity index (χ0n) is 15.9. The van der Waals surface area contributed by atoms with E-state index in [-0.39, 0.29) is 17.3 Å². The van der Waals surface area contributed by atoms with Crippen molar-refractivity contribution >= 4 is 29.1 Å². The molecule has 8 heteroatoms. The lowest BCUT2D eigenvalue weighted by molar-refractivity contribution is -0.138. The molecule has 4 rings (SSSR count). The fraction of sp³-hybridized carbons (Fsp3) is 0.143. The molecule has 0 aliphatic carbocycles. The van der Waals surface area contributed by atoms with Crippen LogP contribution in [-0.2, 0) is 16.1 Å². The molecule has 0 atom stereocenters. The van der Waals surface area contributed by atoms with Gasteiger partial charge in [0, 0.05) is 5.69 Å².